The maximum absolute atomic E-state index is 5.40. The number of hydrogen-bond donors (Lipinski definition) is 1. The summed E-state index contributed by atoms with van der Waals surface area (Å²) >= 11 is 3.44. The van der Waals surface area contributed by atoms with Gasteiger partial charge >= 0.3 is 0 Å². The maximum Gasteiger partial charge on any atom is 0.128 e. The molecule has 0 fully saturated rings. The van der Waals surface area contributed by atoms with Crippen molar-refractivity contribution in [2.75, 3.05) is 19.0 Å². The number of halogens is 1. The second-order valence-electron chi connectivity index (χ2n) is 4.47. The summed E-state index contributed by atoms with van der Waals surface area (Å²) in [6.45, 7) is 5.96. The molecule has 0 aromatic carbocycles. The quantitative estimate of drug-likeness (QED) is 0.590. The van der Waals surface area contributed by atoms with E-state index >= 15 is 0 Å². The van der Waals surface area contributed by atoms with Crippen molar-refractivity contribution in [1.29, 1.82) is 0 Å². The molecule has 0 radical (unpaired) electrons. The van der Waals surface area contributed by atoms with Crippen molar-refractivity contribution in [2.24, 2.45) is 0 Å². The van der Waals surface area contributed by atoms with E-state index in [4.69, 9.17) is 4.74 Å². The molecule has 0 atom stereocenters. The molecule has 0 saturated heterocycles. The van der Waals surface area contributed by atoms with E-state index in [1.807, 2.05) is 13.1 Å². The molecule has 102 valence electrons. The number of methoxy groups -OCH3 is 1. The molecule has 1 aromatic heterocycles. The Labute approximate surface area is 118 Å². The molecular formula is C14H23BrN2O. The van der Waals surface area contributed by atoms with Crippen LogP contribution in [0.4, 0.5) is 0 Å². The van der Waals surface area contributed by atoms with Gasteiger partial charge in [-0.2, -0.15) is 0 Å². The van der Waals surface area contributed by atoms with Gasteiger partial charge in [0.25, 0.3) is 0 Å². The fourth-order valence-corrected chi connectivity index (χ4v) is 2.37. The Morgan fingerprint density at radius 2 is 2.06 bits per heavy atom. The molecule has 0 aliphatic carbocycles. The van der Waals surface area contributed by atoms with Crippen molar-refractivity contribution in [3.63, 3.8) is 0 Å². The number of alkyl halides is 1. The smallest absolute Gasteiger partial charge is 0.128 e. The lowest BCUT2D eigenvalue weighted by molar-refractivity contribution is 0.406. The number of nitrogens with zero attached hydrogens (tertiary/aromatic N) is 1. The average Bonchev–Trinajstić information content (AvgIpc) is 2.36. The first-order valence-electron chi connectivity index (χ1n) is 6.46. The number of hydrogen-bond acceptors (Lipinski definition) is 3. The minimum Gasteiger partial charge on any atom is -0.496 e. The lowest BCUT2D eigenvalue weighted by Gasteiger charge is -2.12. The van der Waals surface area contributed by atoms with Gasteiger partial charge in [-0.1, -0.05) is 22.4 Å². The Balaban J connectivity index is 2.43. The summed E-state index contributed by atoms with van der Waals surface area (Å²) < 4.78 is 5.40. The summed E-state index contributed by atoms with van der Waals surface area (Å²) in [5.74, 6) is 0.959. The zero-order chi connectivity index (χ0) is 13.4. The van der Waals surface area contributed by atoms with Gasteiger partial charge in [0.05, 0.1) is 12.8 Å². The zero-order valence-electron chi connectivity index (χ0n) is 11.6. The average molecular weight is 315 g/mol. The fourth-order valence-electron chi connectivity index (χ4n) is 1.98. The topological polar surface area (TPSA) is 34.1 Å². The molecule has 18 heavy (non-hydrogen) atoms. The number of aromatic nitrogens is 1. The van der Waals surface area contributed by atoms with Gasteiger partial charge in [0.1, 0.15) is 5.75 Å². The molecule has 0 aliphatic rings. The minimum atomic E-state index is 0.816. The molecule has 1 heterocycles. The van der Waals surface area contributed by atoms with E-state index in [9.17, 15) is 0 Å². The third kappa shape index (κ3) is 4.58. The lowest BCUT2D eigenvalue weighted by Crippen LogP contribution is -2.17. The van der Waals surface area contributed by atoms with Crippen molar-refractivity contribution < 1.29 is 4.74 Å². The molecule has 0 unspecified atom stereocenters. The molecule has 0 saturated carbocycles. The Bertz CT molecular complexity index is 369. The van der Waals surface area contributed by atoms with Gasteiger partial charge in [-0.05, 0) is 33.2 Å². The van der Waals surface area contributed by atoms with Crippen LogP contribution in [0.1, 0.15) is 36.1 Å². The normalized spacial score (nSPS) is 10.7. The monoisotopic (exact) mass is 314 g/mol. The Kier molecular flexibility index (Phi) is 7.28. The van der Waals surface area contributed by atoms with Gasteiger partial charge in [-0.3, -0.25) is 4.98 Å². The van der Waals surface area contributed by atoms with Gasteiger partial charge in [-0.15, -0.1) is 0 Å². The number of unbranched alkanes of at least 4 members (excludes halogenated alkanes) is 2. The van der Waals surface area contributed by atoms with Gasteiger partial charge in [0.15, 0.2) is 0 Å². The molecule has 1 rings (SSSR count). The second kappa shape index (κ2) is 8.48. The summed E-state index contributed by atoms with van der Waals surface area (Å²) in [6.07, 6.45) is 5.61. The van der Waals surface area contributed by atoms with Crippen LogP contribution < -0.4 is 10.1 Å². The van der Waals surface area contributed by atoms with Crippen LogP contribution in [0.25, 0.3) is 0 Å². The fraction of sp³-hybridized carbons (Fsp3) is 0.643. The zero-order valence-corrected chi connectivity index (χ0v) is 13.1. The number of ether oxygens (including phenoxy) is 1. The Morgan fingerprint density at radius 1 is 1.28 bits per heavy atom. The van der Waals surface area contributed by atoms with Crippen LogP contribution in [0.2, 0.25) is 0 Å². The highest BCUT2D eigenvalue weighted by Crippen LogP contribution is 2.23. The van der Waals surface area contributed by atoms with E-state index in [-0.39, 0.29) is 0 Å². The van der Waals surface area contributed by atoms with Gasteiger partial charge in [-0.25, -0.2) is 0 Å². The Hall–Kier alpha value is -0.610. The minimum absolute atomic E-state index is 0.816. The van der Waals surface area contributed by atoms with E-state index in [1.54, 1.807) is 7.11 Å². The molecule has 3 nitrogen and oxygen atoms in total. The van der Waals surface area contributed by atoms with Crippen LogP contribution in [0.15, 0.2) is 6.20 Å². The number of pyridine rings is 1. The molecule has 4 heteroatoms. The molecule has 0 bridgehead atoms. The molecule has 1 aromatic rings. The second-order valence-corrected chi connectivity index (χ2v) is 5.27. The van der Waals surface area contributed by atoms with Crippen LogP contribution >= 0.6 is 15.9 Å². The summed E-state index contributed by atoms with van der Waals surface area (Å²) in [5.41, 5.74) is 3.32. The van der Waals surface area contributed by atoms with E-state index in [2.05, 4.69) is 33.2 Å². The highest BCUT2D eigenvalue weighted by Gasteiger charge is 2.08. The van der Waals surface area contributed by atoms with Crippen LogP contribution in [-0.2, 0) is 6.54 Å². The van der Waals surface area contributed by atoms with Crippen LogP contribution in [0.5, 0.6) is 5.75 Å². The van der Waals surface area contributed by atoms with E-state index in [0.29, 0.717) is 0 Å². The van der Waals surface area contributed by atoms with Crippen molar-refractivity contribution in [2.45, 2.75) is 39.7 Å². The first-order chi connectivity index (χ1) is 8.70. The highest BCUT2D eigenvalue weighted by molar-refractivity contribution is 9.09. The molecule has 0 aliphatic heterocycles. The van der Waals surface area contributed by atoms with Crippen molar-refractivity contribution in [3.05, 3.63) is 23.0 Å². The first kappa shape index (κ1) is 15.4. The van der Waals surface area contributed by atoms with Crippen LogP contribution in [-0.4, -0.2) is 24.0 Å². The number of rotatable bonds is 8. The third-order valence-electron chi connectivity index (χ3n) is 3.03. The molecule has 0 spiro atoms. The SMILES string of the molecule is COc1c(C)cnc(CNCCCCCBr)c1C. The summed E-state index contributed by atoms with van der Waals surface area (Å²) in [5, 5.41) is 4.54. The van der Waals surface area contributed by atoms with Crippen LogP contribution in [0, 0.1) is 13.8 Å². The molecule has 1 N–H and O–H groups in total. The maximum atomic E-state index is 5.40. The van der Waals surface area contributed by atoms with E-state index in [1.165, 1.54) is 19.3 Å². The predicted molar refractivity (Wildman–Crippen MR) is 79.6 cm³/mol. The third-order valence-corrected chi connectivity index (χ3v) is 3.59. The van der Waals surface area contributed by atoms with E-state index < -0.39 is 0 Å². The van der Waals surface area contributed by atoms with Crippen molar-refractivity contribution in [1.82, 2.24) is 10.3 Å². The largest absolute Gasteiger partial charge is 0.496 e. The lowest BCUT2D eigenvalue weighted by atomic mass is 10.1. The summed E-state index contributed by atoms with van der Waals surface area (Å²) in [7, 11) is 1.72. The predicted octanol–water partition coefficient (Wildman–Crippen LogP) is 3.36. The summed E-state index contributed by atoms with van der Waals surface area (Å²) in [6, 6.07) is 0. The summed E-state index contributed by atoms with van der Waals surface area (Å²) in [4.78, 5) is 4.47. The number of nitrogens with one attached hydrogen (secondary N) is 1. The van der Waals surface area contributed by atoms with Crippen molar-refractivity contribution >= 4 is 15.9 Å². The van der Waals surface area contributed by atoms with Gasteiger partial charge in [0.2, 0.25) is 0 Å². The van der Waals surface area contributed by atoms with Gasteiger partial charge in [0, 0.05) is 29.2 Å². The standard InChI is InChI=1S/C14H23BrN2O/c1-11-9-17-13(12(2)14(11)18-3)10-16-8-6-4-5-7-15/h9,16H,4-8,10H2,1-3H3. The molecular weight excluding hydrogens is 292 g/mol. The number of aryl methyl sites for hydroxylation is 1. The van der Waals surface area contributed by atoms with Crippen molar-refractivity contribution in [3.8, 4) is 5.75 Å². The van der Waals surface area contributed by atoms with Crippen LogP contribution in [0.3, 0.4) is 0 Å². The van der Waals surface area contributed by atoms with E-state index in [0.717, 1.165) is 41.0 Å². The van der Waals surface area contributed by atoms with Gasteiger partial charge < -0.3 is 10.1 Å². The first-order valence-corrected chi connectivity index (χ1v) is 7.58. The molecule has 0 amide bonds. The highest BCUT2D eigenvalue weighted by atomic mass is 79.9. The Morgan fingerprint density at radius 3 is 2.72 bits per heavy atom.